The van der Waals surface area contributed by atoms with Crippen LogP contribution in [0.3, 0.4) is 0 Å². The molecule has 1 aliphatic carbocycles. The highest BCUT2D eigenvalue weighted by Crippen LogP contribution is 2.20. The highest BCUT2D eigenvalue weighted by Gasteiger charge is 2.25. The van der Waals surface area contributed by atoms with Crippen LogP contribution in [0, 0.1) is 0 Å². The SMILES string of the molecule is OCC(CN1CCc2ccccc2CC1)NC1CC1. The number of fused-ring (bicyclic) bond motifs is 1. The van der Waals surface area contributed by atoms with Gasteiger partial charge in [-0.3, -0.25) is 0 Å². The van der Waals surface area contributed by atoms with E-state index >= 15 is 0 Å². The van der Waals surface area contributed by atoms with E-state index in [1.807, 2.05) is 0 Å². The second-order valence-corrected chi connectivity index (χ2v) is 5.89. The van der Waals surface area contributed by atoms with Crippen LogP contribution in [0.15, 0.2) is 24.3 Å². The van der Waals surface area contributed by atoms with E-state index in [2.05, 4.69) is 34.5 Å². The molecule has 1 atom stereocenters. The van der Waals surface area contributed by atoms with Crippen molar-refractivity contribution in [3.63, 3.8) is 0 Å². The van der Waals surface area contributed by atoms with E-state index in [1.165, 1.54) is 24.0 Å². The van der Waals surface area contributed by atoms with E-state index in [-0.39, 0.29) is 12.6 Å². The van der Waals surface area contributed by atoms with E-state index in [4.69, 9.17) is 0 Å². The van der Waals surface area contributed by atoms with E-state index in [1.54, 1.807) is 0 Å². The molecular formula is C16H24N2O. The molecule has 0 aromatic heterocycles. The first-order chi connectivity index (χ1) is 9.35. The molecule has 1 aliphatic heterocycles. The van der Waals surface area contributed by atoms with Crippen LogP contribution in [0.1, 0.15) is 24.0 Å². The van der Waals surface area contributed by atoms with Crippen molar-refractivity contribution in [2.75, 3.05) is 26.2 Å². The third kappa shape index (κ3) is 3.56. The summed E-state index contributed by atoms with van der Waals surface area (Å²) in [7, 11) is 0. The maximum atomic E-state index is 9.49. The number of rotatable bonds is 5. The number of benzene rings is 1. The molecular weight excluding hydrogens is 236 g/mol. The van der Waals surface area contributed by atoms with Gasteiger partial charge in [-0.05, 0) is 36.8 Å². The van der Waals surface area contributed by atoms with Crippen molar-refractivity contribution in [1.82, 2.24) is 10.2 Å². The summed E-state index contributed by atoms with van der Waals surface area (Å²) in [6.07, 6.45) is 4.83. The van der Waals surface area contributed by atoms with Crippen molar-refractivity contribution in [1.29, 1.82) is 0 Å². The maximum Gasteiger partial charge on any atom is 0.0597 e. The molecule has 1 saturated carbocycles. The molecule has 3 heteroatoms. The second-order valence-electron chi connectivity index (χ2n) is 5.89. The van der Waals surface area contributed by atoms with Gasteiger partial charge in [0.1, 0.15) is 0 Å². The van der Waals surface area contributed by atoms with Gasteiger partial charge in [0.25, 0.3) is 0 Å². The average molecular weight is 260 g/mol. The summed E-state index contributed by atoms with van der Waals surface area (Å²) >= 11 is 0. The van der Waals surface area contributed by atoms with E-state index in [0.717, 1.165) is 32.5 Å². The molecule has 1 fully saturated rings. The maximum absolute atomic E-state index is 9.49. The van der Waals surface area contributed by atoms with Gasteiger partial charge >= 0.3 is 0 Å². The lowest BCUT2D eigenvalue weighted by Crippen LogP contribution is -2.45. The monoisotopic (exact) mass is 260 g/mol. The third-order valence-electron chi connectivity index (χ3n) is 4.26. The summed E-state index contributed by atoms with van der Waals surface area (Å²) < 4.78 is 0. The number of aliphatic hydroxyl groups is 1. The van der Waals surface area contributed by atoms with E-state index in [0.29, 0.717) is 6.04 Å². The average Bonchev–Trinajstić information content (AvgIpc) is 3.26. The molecule has 1 heterocycles. The fraction of sp³-hybridized carbons (Fsp3) is 0.625. The second kappa shape index (κ2) is 6.04. The molecule has 3 rings (SSSR count). The number of nitrogens with zero attached hydrogens (tertiary/aromatic N) is 1. The quantitative estimate of drug-likeness (QED) is 0.835. The fourth-order valence-corrected chi connectivity index (χ4v) is 2.95. The van der Waals surface area contributed by atoms with Crippen molar-refractivity contribution in [2.45, 2.75) is 37.8 Å². The number of nitrogens with one attached hydrogen (secondary N) is 1. The van der Waals surface area contributed by atoms with Gasteiger partial charge in [-0.2, -0.15) is 0 Å². The molecule has 2 aliphatic rings. The molecule has 1 unspecified atom stereocenters. The fourth-order valence-electron chi connectivity index (χ4n) is 2.95. The van der Waals surface area contributed by atoms with E-state index in [9.17, 15) is 5.11 Å². The topological polar surface area (TPSA) is 35.5 Å². The summed E-state index contributed by atoms with van der Waals surface area (Å²) in [5.74, 6) is 0. The van der Waals surface area contributed by atoms with Gasteiger partial charge in [-0.1, -0.05) is 24.3 Å². The van der Waals surface area contributed by atoms with Gasteiger partial charge in [0.15, 0.2) is 0 Å². The summed E-state index contributed by atoms with van der Waals surface area (Å²) in [4.78, 5) is 2.50. The molecule has 0 spiro atoms. The highest BCUT2D eigenvalue weighted by molar-refractivity contribution is 5.28. The molecule has 0 saturated heterocycles. The number of hydrogen-bond acceptors (Lipinski definition) is 3. The van der Waals surface area contributed by atoms with Crippen molar-refractivity contribution in [3.05, 3.63) is 35.4 Å². The van der Waals surface area contributed by atoms with Gasteiger partial charge in [-0.25, -0.2) is 0 Å². The standard InChI is InChI=1S/C16H24N2O/c19-12-16(17-15-5-6-15)11-18-9-7-13-3-1-2-4-14(13)8-10-18/h1-4,15-17,19H,5-12H2. The number of hydrogen-bond donors (Lipinski definition) is 2. The van der Waals surface area contributed by atoms with Crippen LogP contribution in [0.4, 0.5) is 0 Å². The molecule has 19 heavy (non-hydrogen) atoms. The van der Waals surface area contributed by atoms with E-state index < -0.39 is 0 Å². The Kier molecular flexibility index (Phi) is 4.16. The first-order valence-electron chi connectivity index (χ1n) is 7.51. The minimum atomic E-state index is 0.244. The first-order valence-corrected chi connectivity index (χ1v) is 7.51. The third-order valence-corrected chi connectivity index (χ3v) is 4.26. The van der Waals surface area contributed by atoms with Gasteiger partial charge in [0.05, 0.1) is 6.61 Å². The van der Waals surface area contributed by atoms with Gasteiger partial charge in [-0.15, -0.1) is 0 Å². The Bertz CT molecular complexity index is 390. The smallest absolute Gasteiger partial charge is 0.0597 e. The Morgan fingerprint density at radius 2 is 1.79 bits per heavy atom. The van der Waals surface area contributed by atoms with Crippen molar-refractivity contribution in [3.8, 4) is 0 Å². The molecule has 3 nitrogen and oxygen atoms in total. The van der Waals surface area contributed by atoms with Crippen LogP contribution < -0.4 is 5.32 Å². The largest absolute Gasteiger partial charge is 0.395 e. The summed E-state index contributed by atoms with van der Waals surface area (Å²) in [5.41, 5.74) is 3.00. The van der Waals surface area contributed by atoms with Crippen LogP contribution in [-0.4, -0.2) is 48.3 Å². The minimum Gasteiger partial charge on any atom is -0.395 e. The van der Waals surface area contributed by atoms with Crippen molar-refractivity contribution < 1.29 is 5.11 Å². The van der Waals surface area contributed by atoms with Gasteiger partial charge < -0.3 is 15.3 Å². The highest BCUT2D eigenvalue weighted by atomic mass is 16.3. The predicted octanol–water partition coefficient (Wildman–Crippen LogP) is 1.20. The Labute approximate surface area is 115 Å². The zero-order valence-electron chi connectivity index (χ0n) is 11.5. The molecule has 2 N–H and O–H groups in total. The Morgan fingerprint density at radius 3 is 2.32 bits per heavy atom. The number of aliphatic hydroxyl groups excluding tert-OH is 1. The van der Waals surface area contributed by atoms with Crippen molar-refractivity contribution in [2.24, 2.45) is 0 Å². The van der Waals surface area contributed by atoms with Crippen LogP contribution in [0.2, 0.25) is 0 Å². The zero-order chi connectivity index (χ0) is 13.1. The Hall–Kier alpha value is -0.900. The molecule has 0 bridgehead atoms. The lowest BCUT2D eigenvalue weighted by atomic mass is 10.0. The van der Waals surface area contributed by atoms with Crippen LogP contribution in [0.5, 0.6) is 0 Å². The lowest BCUT2D eigenvalue weighted by Gasteiger charge is -2.25. The molecule has 1 aromatic carbocycles. The summed E-state index contributed by atoms with van der Waals surface area (Å²) in [5, 5.41) is 13.0. The molecule has 0 radical (unpaired) electrons. The van der Waals surface area contributed by atoms with Crippen LogP contribution >= 0.6 is 0 Å². The zero-order valence-corrected chi connectivity index (χ0v) is 11.5. The van der Waals surface area contributed by atoms with Crippen LogP contribution in [0.25, 0.3) is 0 Å². The summed E-state index contributed by atoms with van der Waals surface area (Å²) in [6.45, 7) is 3.45. The van der Waals surface area contributed by atoms with Crippen molar-refractivity contribution >= 4 is 0 Å². The normalized spacial score (nSPS) is 21.7. The van der Waals surface area contributed by atoms with Gasteiger partial charge in [0, 0.05) is 31.7 Å². The Morgan fingerprint density at radius 1 is 1.16 bits per heavy atom. The first kappa shape index (κ1) is 13.1. The molecule has 0 amide bonds. The minimum absolute atomic E-state index is 0.244. The Balaban J connectivity index is 1.55. The molecule has 1 aromatic rings. The van der Waals surface area contributed by atoms with Crippen LogP contribution in [-0.2, 0) is 12.8 Å². The molecule has 104 valence electrons. The summed E-state index contributed by atoms with van der Waals surface area (Å²) in [6, 6.07) is 9.70. The predicted molar refractivity (Wildman–Crippen MR) is 77.3 cm³/mol. The lowest BCUT2D eigenvalue weighted by molar-refractivity contribution is 0.183. The van der Waals surface area contributed by atoms with Gasteiger partial charge in [0.2, 0.25) is 0 Å².